The molecule has 1 aromatic rings. The third-order valence-electron chi connectivity index (χ3n) is 2.26. The predicted molar refractivity (Wildman–Crippen MR) is 75.8 cm³/mol. The molecule has 18 heavy (non-hydrogen) atoms. The van der Waals surface area contributed by atoms with E-state index in [4.69, 9.17) is 4.74 Å². The van der Waals surface area contributed by atoms with Crippen molar-refractivity contribution in [2.75, 3.05) is 30.5 Å². The predicted octanol–water partition coefficient (Wildman–Crippen LogP) is 3.16. The number of rotatable bonds is 8. The van der Waals surface area contributed by atoms with Gasteiger partial charge in [-0.25, -0.2) is 0 Å². The van der Waals surface area contributed by atoms with E-state index in [2.05, 4.69) is 5.32 Å². The van der Waals surface area contributed by atoms with Crippen LogP contribution in [0.2, 0.25) is 0 Å². The van der Waals surface area contributed by atoms with Gasteiger partial charge in [-0.05, 0) is 24.8 Å². The van der Waals surface area contributed by atoms with E-state index in [1.807, 2.05) is 13.2 Å². The number of nitro benzene ring substituents is 1. The van der Waals surface area contributed by atoms with Gasteiger partial charge in [0.2, 0.25) is 0 Å². The molecule has 0 aliphatic heterocycles. The summed E-state index contributed by atoms with van der Waals surface area (Å²) < 4.78 is 5.41. The molecule has 5 nitrogen and oxygen atoms in total. The Kier molecular flexibility index (Phi) is 6.35. The molecule has 0 aromatic heterocycles. The molecule has 1 rings (SSSR count). The summed E-state index contributed by atoms with van der Waals surface area (Å²) in [5.41, 5.74) is 0.537. The van der Waals surface area contributed by atoms with Gasteiger partial charge in [-0.1, -0.05) is 13.0 Å². The molecule has 0 heterocycles. The minimum absolute atomic E-state index is 0.0204. The average molecular weight is 270 g/mol. The second-order valence-electron chi connectivity index (χ2n) is 3.68. The van der Waals surface area contributed by atoms with Gasteiger partial charge in [0.25, 0.3) is 0 Å². The zero-order valence-electron chi connectivity index (χ0n) is 10.6. The summed E-state index contributed by atoms with van der Waals surface area (Å²) in [4.78, 5) is 10.7. The highest BCUT2D eigenvalue weighted by molar-refractivity contribution is 7.98. The van der Waals surface area contributed by atoms with E-state index >= 15 is 0 Å². The fourth-order valence-corrected chi connectivity index (χ4v) is 1.78. The number of hydrogen-bond acceptors (Lipinski definition) is 5. The number of thioether (sulfide) groups is 1. The highest BCUT2D eigenvalue weighted by Crippen LogP contribution is 2.34. The maximum absolute atomic E-state index is 11.1. The Morgan fingerprint density at radius 1 is 1.50 bits per heavy atom. The van der Waals surface area contributed by atoms with Gasteiger partial charge in [-0.2, -0.15) is 11.8 Å². The first-order chi connectivity index (χ1) is 8.70. The normalized spacial score (nSPS) is 10.1. The molecule has 6 heteroatoms. The van der Waals surface area contributed by atoms with Gasteiger partial charge < -0.3 is 10.1 Å². The van der Waals surface area contributed by atoms with Crippen LogP contribution in [-0.4, -0.2) is 30.1 Å². The topological polar surface area (TPSA) is 64.4 Å². The molecule has 0 bridgehead atoms. The Morgan fingerprint density at radius 3 is 2.89 bits per heavy atom. The third kappa shape index (κ3) is 4.10. The van der Waals surface area contributed by atoms with Gasteiger partial charge in [0, 0.05) is 12.3 Å². The molecule has 0 saturated heterocycles. The van der Waals surface area contributed by atoms with Crippen LogP contribution in [0.5, 0.6) is 5.75 Å². The molecular formula is C12H18N2O3S. The van der Waals surface area contributed by atoms with Crippen molar-refractivity contribution in [2.24, 2.45) is 0 Å². The number of ether oxygens (including phenoxy) is 1. The minimum atomic E-state index is -0.396. The number of hydrogen-bond donors (Lipinski definition) is 1. The Morgan fingerprint density at radius 2 is 2.28 bits per heavy atom. The molecule has 0 aliphatic carbocycles. The lowest BCUT2D eigenvalue weighted by atomic mass is 10.2. The Labute approximate surface area is 111 Å². The largest absolute Gasteiger partial charge is 0.487 e. The molecule has 0 radical (unpaired) electrons. The second kappa shape index (κ2) is 7.81. The lowest BCUT2D eigenvalue weighted by Crippen LogP contribution is -2.07. The van der Waals surface area contributed by atoms with E-state index in [0.717, 1.165) is 12.2 Å². The van der Waals surface area contributed by atoms with E-state index in [1.54, 1.807) is 30.0 Å². The average Bonchev–Trinajstić information content (AvgIpc) is 2.36. The first kappa shape index (κ1) is 14.6. The first-order valence-corrected chi connectivity index (χ1v) is 7.23. The lowest BCUT2D eigenvalue weighted by Gasteiger charge is -2.10. The quantitative estimate of drug-likeness (QED) is 0.446. The Hall–Kier alpha value is -1.43. The van der Waals surface area contributed by atoms with Crippen LogP contribution in [0.4, 0.5) is 11.4 Å². The van der Waals surface area contributed by atoms with Crippen LogP contribution in [-0.2, 0) is 0 Å². The van der Waals surface area contributed by atoms with Gasteiger partial charge in [-0.3, -0.25) is 10.1 Å². The van der Waals surface area contributed by atoms with Crippen molar-refractivity contribution in [3.8, 4) is 5.75 Å². The van der Waals surface area contributed by atoms with E-state index in [0.29, 0.717) is 24.6 Å². The molecule has 0 aliphatic rings. The van der Waals surface area contributed by atoms with E-state index < -0.39 is 4.92 Å². The summed E-state index contributed by atoms with van der Waals surface area (Å²) in [6.07, 6.45) is 2.82. The standard InChI is InChI=1S/C12H18N2O3S/c1-3-8-17-11-6-4-5-10(12(11)14(15)16)13-7-9-18-2/h4-6,13H,3,7-9H2,1-2H3. The summed E-state index contributed by atoms with van der Waals surface area (Å²) >= 11 is 1.69. The van der Waals surface area contributed by atoms with Crippen LogP contribution in [0.1, 0.15) is 13.3 Å². The minimum Gasteiger partial charge on any atom is -0.487 e. The van der Waals surface area contributed by atoms with E-state index in [1.165, 1.54) is 0 Å². The zero-order valence-corrected chi connectivity index (χ0v) is 11.5. The molecule has 100 valence electrons. The monoisotopic (exact) mass is 270 g/mol. The summed E-state index contributed by atoms with van der Waals surface area (Å²) in [6.45, 7) is 3.14. The smallest absolute Gasteiger partial charge is 0.333 e. The summed E-state index contributed by atoms with van der Waals surface area (Å²) in [7, 11) is 0. The van der Waals surface area contributed by atoms with Gasteiger partial charge in [0.1, 0.15) is 5.69 Å². The van der Waals surface area contributed by atoms with Crippen LogP contribution < -0.4 is 10.1 Å². The van der Waals surface area contributed by atoms with Crippen LogP contribution in [0.25, 0.3) is 0 Å². The highest BCUT2D eigenvalue weighted by atomic mass is 32.2. The van der Waals surface area contributed by atoms with Crippen LogP contribution in [0.3, 0.4) is 0 Å². The highest BCUT2D eigenvalue weighted by Gasteiger charge is 2.20. The van der Waals surface area contributed by atoms with E-state index in [-0.39, 0.29) is 5.69 Å². The first-order valence-electron chi connectivity index (χ1n) is 5.83. The van der Waals surface area contributed by atoms with Crippen LogP contribution >= 0.6 is 11.8 Å². The Bertz CT molecular complexity index is 399. The summed E-state index contributed by atoms with van der Waals surface area (Å²) in [5.74, 6) is 1.23. The molecule has 0 atom stereocenters. The number of nitrogens with one attached hydrogen (secondary N) is 1. The van der Waals surface area contributed by atoms with Crippen molar-refractivity contribution >= 4 is 23.1 Å². The number of para-hydroxylation sites is 1. The number of nitro groups is 1. The fourth-order valence-electron chi connectivity index (χ4n) is 1.47. The van der Waals surface area contributed by atoms with Crippen molar-refractivity contribution in [3.63, 3.8) is 0 Å². The van der Waals surface area contributed by atoms with Crippen molar-refractivity contribution in [1.82, 2.24) is 0 Å². The third-order valence-corrected chi connectivity index (χ3v) is 2.88. The molecule has 0 fully saturated rings. The van der Waals surface area contributed by atoms with E-state index in [9.17, 15) is 10.1 Å². The molecule has 1 N–H and O–H groups in total. The maximum atomic E-state index is 11.1. The van der Waals surface area contributed by atoms with Gasteiger partial charge in [-0.15, -0.1) is 0 Å². The molecule has 0 amide bonds. The van der Waals surface area contributed by atoms with Crippen molar-refractivity contribution in [3.05, 3.63) is 28.3 Å². The zero-order chi connectivity index (χ0) is 13.4. The lowest BCUT2D eigenvalue weighted by molar-refractivity contribution is -0.385. The number of anilines is 1. The molecule has 1 aromatic carbocycles. The fraction of sp³-hybridized carbons (Fsp3) is 0.500. The molecular weight excluding hydrogens is 252 g/mol. The van der Waals surface area contributed by atoms with Crippen LogP contribution in [0.15, 0.2) is 18.2 Å². The van der Waals surface area contributed by atoms with Gasteiger partial charge >= 0.3 is 5.69 Å². The SMILES string of the molecule is CCCOc1cccc(NCCSC)c1[N+](=O)[O-]. The van der Waals surface area contributed by atoms with Gasteiger partial charge in [0.15, 0.2) is 5.75 Å². The molecule has 0 unspecified atom stereocenters. The van der Waals surface area contributed by atoms with Crippen molar-refractivity contribution in [1.29, 1.82) is 0 Å². The summed E-state index contributed by atoms with van der Waals surface area (Å²) in [6, 6.07) is 5.10. The number of nitrogens with zero attached hydrogens (tertiary/aromatic N) is 1. The Balaban J connectivity index is 2.90. The van der Waals surface area contributed by atoms with Gasteiger partial charge in [0.05, 0.1) is 11.5 Å². The summed E-state index contributed by atoms with van der Waals surface area (Å²) in [5, 5.41) is 14.2. The molecule has 0 saturated carbocycles. The number of benzene rings is 1. The molecule has 0 spiro atoms. The van der Waals surface area contributed by atoms with Crippen LogP contribution in [0, 0.1) is 10.1 Å². The van der Waals surface area contributed by atoms with Crippen molar-refractivity contribution < 1.29 is 9.66 Å². The van der Waals surface area contributed by atoms with Crippen molar-refractivity contribution in [2.45, 2.75) is 13.3 Å². The maximum Gasteiger partial charge on any atom is 0.333 e. The second-order valence-corrected chi connectivity index (χ2v) is 4.66.